The minimum absolute atomic E-state index is 0.0744. The van der Waals surface area contributed by atoms with Crippen molar-refractivity contribution in [3.05, 3.63) is 59.3 Å². The van der Waals surface area contributed by atoms with Crippen LogP contribution >= 0.6 is 0 Å². The molecule has 0 radical (unpaired) electrons. The Bertz CT molecular complexity index is 1110. The Morgan fingerprint density at radius 2 is 1.85 bits per heavy atom. The number of amides is 2. The normalized spacial score (nSPS) is 26.4. The molecule has 8 nitrogen and oxygen atoms in total. The van der Waals surface area contributed by atoms with Gasteiger partial charge in [0.25, 0.3) is 0 Å². The minimum atomic E-state index is -4.85. The Balaban J connectivity index is 2.37. The van der Waals surface area contributed by atoms with Crippen molar-refractivity contribution >= 4 is 17.8 Å². The molecule has 0 spiro atoms. The number of carbonyl (C=O) groups excluding carboxylic acids is 3. The molecule has 0 saturated carbocycles. The lowest BCUT2D eigenvalue weighted by molar-refractivity contribution is -0.153. The molecule has 0 bridgehead atoms. The molecule has 2 heterocycles. The van der Waals surface area contributed by atoms with Crippen molar-refractivity contribution in [2.45, 2.75) is 44.1 Å². The third kappa shape index (κ3) is 3.82. The van der Waals surface area contributed by atoms with E-state index in [1.165, 1.54) is 32.1 Å². The van der Waals surface area contributed by atoms with Gasteiger partial charge in [0.15, 0.2) is 5.41 Å². The van der Waals surface area contributed by atoms with E-state index < -0.39 is 64.6 Å². The van der Waals surface area contributed by atoms with Crippen LogP contribution in [0.5, 0.6) is 0 Å². The number of nitriles is 1. The smallest absolute Gasteiger partial charge is 0.416 e. The molecule has 2 amide bonds. The number of hydrogen-bond donors (Lipinski definition) is 2. The lowest BCUT2D eigenvalue weighted by atomic mass is 9.67. The molecular weight excluding hydrogens is 441 g/mol. The lowest BCUT2D eigenvalue weighted by Gasteiger charge is -2.32. The number of nitrogens with zero attached hydrogens (tertiary/aromatic N) is 2. The summed E-state index contributed by atoms with van der Waals surface area (Å²) in [5, 5.41) is 10.2. The molecule has 174 valence electrons. The molecule has 0 aromatic heterocycles. The molecule has 1 fully saturated rings. The number of nitrogens with two attached hydrogens (primary N) is 2. The molecule has 1 saturated heterocycles. The molecule has 1 aromatic carbocycles. The van der Waals surface area contributed by atoms with E-state index in [0.29, 0.717) is 0 Å². The van der Waals surface area contributed by atoms with Crippen LogP contribution in [0.25, 0.3) is 0 Å². The van der Waals surface area contributed by atoms with E-state index >= 15 is 0 Å². The van der Waals surface area contributed by atoms with Gasteiger partial charge in [-0.05, 0) is 31.6 Å². The number of carbonyl (C=O) groups is 3. The standard InChI is InChI=1S/C22H21F3N4O4/c1-11(2)33-19(31)17-16(13-5-3-4-6-14(13)22(23,24)25)21(10-26,20(28)32)15-8-7-12(18(27)30)9-29(15)17/h3-9,11,15-17H,1-2H3,(H2,27,30)(H2,28,32)/t15-,16-,17-,21-/m0/s1. The zero-order valence-corrected chi connectivity index (χ0v) is 17.7. The van der Waals surface area contributed by atoms with Crippen LogP contribution in [0, 0.1) is 16.7 Å². The van der Waals surface area contributed by atoms with Crippen molar-refractivity contribution in [2.24, 2.45) is 16.9 Å². The van der Waals surface area contributed by atoms with Crippen molar-refractivity contribution < 1.29 is 32.3 Å². The van der Waals surface area contributed by atoms with Gasteiger partial charge in [-0.2, -0.15) is 18.4 Å². The zero-order valence-electron chi connectivity index (χ0n) is 17.7. The number of fused-ring (bicyclic) bond motifs is 1. The van der Waals surface area contributed by atoms with Crippen LogP contribution in [-0.2, 0) is 25.3 Å². The number of benzene rings is 1. The number of rotatable bonds is 5. The third-order valence-electron chi connectivity index (χ3n) is 5.73. The summed E-state index contributed by atoms with van der Waals surface area (Å²) in [5.74, 6) is -4.74. The SMILES string of the molecule is CC(C)OC(=O)[C@@H]1[C@H](c2ccccc2C(F)(F)F)[C@@](C#N)(C(N)=O)[C@@H]2C=CC(C(N)=O)=CN12. The fourth-order valence-electron chi connectivity index (χ4n) is 4.46. The number of alkyl halides is 3. The van der Waals surface area contributed by atoms with Gasteiger partial charge in [-0.1, -0.05) is 24.3 Å². The predicted molar refractivity (Wildman–Crippen MR) is 108 cm³/mol. The lowest BCUT2D eigenvalue weighted by Crippen LogP contribution is -2.48. The highest BCUT2D eigenvalue weighted by atomic mass is 19.4. The first-order valence-electron chi connectivity index (χ1n) is 9.91. The summed E-state index contributed by atoms with van der Waals surface area (Å²) in [6, 6.07) is 3.31. The molecule has 4 N–H and O–H groups in total. The van der Waals surface area contributed by atoms with E-state index in [9.17, 15) is 32.8 Å². The second-order valence-electron chi connectivity index (χ2n) is 8.04. The van der Waals surface area contributed by atoms with Crippen molar-refractivity contribution in [1.82, 2.24) is 4.90 Å². The van der Waals surface area contributed by atoms with Gasteiger partial charge in [0.2, 0.25) is 11.8 Å². The summed E-state index contributed by atoms with van der Waals surface area (Å²) in [4.78, 5) is 38.9. The summed E-state index contributed by atoms with van der Waals surface area (Å²) in [6.07, 6.45) is -1.86. The van der Waals surface area contributed by atoms with Gasteiger partial charge in [-0.3, -0.25) is 9.59 Å². The van der Waals surface area contributed by atoms with Gasteiger partial charge in [0, 0.05) is 12.1 Å². The number of esters is 1. The van der Waals surface area contributed by atoms with Crippen molar-refractivity contribution in [3.8, 4) is 6.07 Å². The number of primary amides is 2. The first kappa shape index (κ1) is 23.8. The Kier molecular flexibility index (Phi) is 5.98. The first-order valence-corrected chi connectivity index (χ1v) is 9.91. The van der Waals surface area contributed by atoms with E-state index in [2.05, 4.69) is 0 Å². The average molecular weight is 462 g/mol. The van der Waals surface area contributed by atoms with Gasteiger partial charge in [0.05, 0.1) is 29.4 Å². The van der Waals surface area contributed by atoms with Crippen molar-refractivity contribution in [3.63, 3.8) is 0 Å². The molecule has 33 heavy (non-hydrogen) atoms. The Morgan fingerprint density at radius 3 is 2.36 bits per heavy atom. The van der Waals surface area contributed by atoms with Crippen LogP contribution in [0.4, 0.5) is 13.2 Å². The Morgan fingerprint density at radius 1 is 1.21 bits per heavy atom. The molecule has 11 heteroatoms. The van der Waals surface area contributed by atoms with Gasteiger partial charge in [-0.25, -0.2) is 4.79 Å². The minimum Gasteiger partial charge on any atom is -0.461 e. The molecule has 3 rings (SSSR count). The van der Waals surface area contributed by atoms with Crippen LogP contribution in [-0.4, -0.2) is 40.9 Å². The van der Waals surface area contributed by atoms with E-state index in [1.807, 2.05) is 0 Å². The quantitative estimate of drug-likeness (QED) is 0.639. The van der Waals surface area contributed by atoms with E-state index in [4.69, 9.17) is 16.2 Å². The van der Waals surface area contributed by atoms with Crippen LogP contribution in [0.2, 0.25) is 0 Å². The predicted octanol–water partition coefficient (Wildman–Crippen LogP) is 1.73. The Labute approximate surface area is 187 Å². The van der Waals surface area contributed by atoms with Crippen LogP contribution in [0.15, 0.2) is 48.2 Å². The molecule has 0 unspecified atom stereocenters. The summed E-state index contributed by atoms with van der Waals surface area (Å²) < 4.78 is 47.0. The molecule has 2 aliphatic rings. The van der Waals surface area contributed by atoms with E-state index in [-0.39, 0.29) is 5.57 Å². The fraction of sp³-hybridized carbons (Fsp3) is 0.364. The highest BCUT2D eigenvalue weighted by Gasteiger charge is 2.66. The van der Waals surface area contributed by atoms with Gasteiger partial charge in [0.1, 0.15) is 6.04 Å². The zero-order chi connectivity index (χ0) is 24.7. The summed E-state index contributed by atoms with van der Waals surface area (Å²) in [5.41, 5.74) is 7.00. The maximum atomic E-state index is 13.9. The summed E-state index contributed by atoms with van der Waals surface area (Å²) in [7, 11) is 0. The van der Waals surface area contributed by atoms with Crippen LogP contribution in [0.3, 0.4) is 0 Å². The second-order valence-corrected chi connectivity index (χ2v) is 8.04. The van der Waals surface area contributed by atoms with E-state index in [1.54, 1.807) is 6.07 Å². The highest BCUT2D eigenvalue weighted by molar-refractivity contribution is 5.96. The van der Waals surface area contributed by atoms with Crippen molar-refractivity contribution in [1.29, 1.82) is 5.26 Å². The number of ether oxygens (including phenoxy) is 1. The summed E-state index contributed by atoms with van der Waals surface area (Å²) >= 11 is 0. The Hall–Kier alpha value is -3.81. The fourth-order valence-corrected chi connectivity index (χ4v) is 4.46. The monoisotopic (exact) mass is 462 g/mol. The van der Waals surface area contributed by atoms with Gasteiger partial charge < -0.3 is 21.1 Å². The third-order valence-corrected chi connectivity index (χ3v) is 5.73. The molecule has 1 aromatic rings. The second kappa shape index (κ2) is 8.27. The molecule has 0 aliphatic carbocycles. The van der Waals surface area contributed by atoms with Crippen LogP contribution < -0.4 is 11.5 Å². The van der Waals surface area contributed by atoms with Gasteiger partial charge >= 0.3 is 12.1 Å². The topological polar surface area (TPSA) is 140 Å². The molecular formula is C22H21F3N4O4. The first-order chi connectivity index (χ1) is 15.4. The summed E-state index contributed by atoms with van der Waals surface area (Å²) in [6.45, 7) is 3.07. The largest absolute Gasteiger partial charge is 0.461 e. The maximum Gasteiger partial charge on any atom is 0.416 e. The molecule has 4 atom stereocenters. The van der Waals surface area contributed by atoms with E-state index in [0.717, 1.165) is 29.3 Å². The molecule has 2 aliphatic heterocycles. The average Bonchev–Trinajstić information content (AvgIpc) is 3.03. The number of halogens is 3. The van der Waals surface area contributed by atoms with Gasteiger partial charge in [-0.15, -0.1) is 0 Å². The number of hydrogen-bond acceptors (Lipinski definition) is 6. The van der Waals surface area contributed by atoms with Crippen molar-refractivity contribution in [2.75, 3.05) is 0 Å². The van der Waals surface area contributed by atoms with Crippen LogP contribution in [0.1, 0.15) is 30.9 Å². The maximum absolute atomic E-state index is 13.9. The highest BCUT2D eigenvalue weighted by Crippen LogP contribution is 2.55.